The van der Waals surface area contributed by atoms with Crippen molar-refractivity contribution in [3.8, 4) is 5.75 Å². The maximum atomic E-state index is 12.1. The predicted molar refractivity (Wildman–Crippen MR) is 73.1 cm³/mol. The second-order valence-electron chi connectivity index (χ2n) is 5.43. The highest BCUT2D eigenvalue weighted by molar-refractivity contribution is 5.80. The molecule has 0 aromatic heterocycles. The van der Waals surface area contributed by atoms with Crippen molar-refractivity contribution in [2.24, 2.45) is 11.8 Å². The van der Waals surface area contributed by atoms with Crippen LogP contribution in [0.1, 0.15) is 6.42 Å². The normalized spacial score (nSPS) is 25.0. The minimum absolute atomic E-state index is 0.00398. The fourth-order valence-electron chi connectivity index (χ4n) is 2.91. The van der Waals surface area contributed by atoms with Crippen LogP contribution >= 0.6 is 0 Å². The van der Waals surface area contributed by atoms with Crippen molar-refractivity contribution >= 4 is 11.8 Å². The van der Waals surface area contributed by atoms with Crippen LogP contribution in [-0.2, 0) is 9.59 Å². The van der Waals surface area contributed by atoms with Gasteiger partial charge in [0.15, 0.2) is 6.61 Å². The molecular weight excluding hydrogens is 256 g/mol. The number of piperidine rings is 1. The van der Waals surface area contributed by atoms with Crippen molar-refractivity contribution < 1.29 is 14.3 Å². The minimum atomic E-state index is -0.00398. The van der Waals surface area contributed by atoms with Crippen molar-refractivity contribution in [1.82, 2.24) is 10.2 Å². The second kappa shape index (κ2) is 5.53. The first-order chi connectivity index (χ1) is 9.72. The summed E-state index contributed by atoms with van der Waals surface area (Å²) in [6.07, 6.45) is 0.536. The first kappa shape index (κ1) is 13.0. The van der Waals surface area contributed by atoms with Gasteiger partial charge in [0, 0.05) is 26.1 Å². The van der Waals surface area contributed by atoms with Gasteiger partial charge >= 0.3 is 0 Å². The number of para-hydroxylation sites is 1. The van der Waals surface area contributed by atoms with Crippen LogP contribution in [0.25, 0.3) is 0 Å². The Morgan fingerprint density at radius 1 is 1.25 bits per heavy atom. The molecule has 2 aliphatic rings. The van der Waals surface area contributed by atoms with Gasteiger partial charge in [0.1, 0.15) is 5.75 Å². The third-order valence-corrected chi connectivity index (χ3v) is 4.04. The number of rotatable bonds is 3. The molecule has 2 aliphatic heterocycles. The van der Waals surface area contributed by atoms with E-state index in [1.54, 1.807) is 0 Å². The summed E-state index contributed by atoms with van der Waals surface area (Å²) in [5.41, 5.74) is 0. The van der Waals surface area contributed by atoms with E-state index in [1.165, 1.54) is 0 Å². The van der Waals surface area contributed by atoms with Gasteiger partial charge in [0.25, 0.3) is 5.91 Å². The van der Waals surface area contributed by atoms with E-state index in [9.17, 15) is 9.59 Å². The molecule has 1 N–H and O–H groups in total. The minimum Gasteiger partial charge on any atom is -0.484 e. The molecule has 0 unspecified atom stereocenters. The number of carbonyl (C=O) groups is 2. The van der Waals surface area contributed by atoms with Gasteiger partial charge in [-0.15, -0.1) is 0 Å². The van der Waals surface area contributed by atoms with Gasteiger partial charge in [0.05, 0.1) is 0 Å². The fraction of sp³-hybridized carbons (Fsp3) is 0.467. The lowest BCUT2D eigenvalue weighted by molar-refractivity contribution is -0.132. The van der Waals surface area contributed by atoms with Gasteiger partial charge in [-0.1, -0.05) is 18.2 Å². The molecule has 2 atom stereocenters. The zero-order valence-corrected chi connectivity index (χ0v) is 11.2. The fourth-order valence-corrected chi connectivity index (χ4v) is 2.91. The van der Waals surface area contributed by atoms with Gasteiger partial charge in [-0.25, -0.2) is 0 Å². The Morgan fingerprint density at radius 2 is 2.00 bits per heavy atom. The van der Waals surface area contributed by atoms with E-state index < -0.39 is 0 Å². The Kier molecular flexibility index (Phi) is 3.58. The summed E-state index contributed by atoms with van der Waals surface area (Å²) in [6.45, 7) is 2.15. The highest BCUT2D eigenvalue weighted by atomic mass is 16.5. The van der Waals surface area contributed by atoms with E-state index in [1.807, 2.05) is 35.2 Å². The number of amides is 2. The summed E-state index contributed by atoms with van der Waals surface area (Å²) < 4.78 is 5.48. The molecule has 20 heavy (non-hydrogen) atoms. The van der Waals surface area contributed by atoms with E-state index in [2.05, 4.69) is 5.32 Å². The number of hydrogen-bond donors (Lipinski definition) is 1. The van der Waals surface area contributed by atoms with Gasteiger partial charge in [0.2, 0.25) is 5.91 Å². The van der Waals surface area contributed by atoms with Gasteiger partial charge in [-0.05, 0) is 24.0 Å². The molecular formula is C15H18N2O3. The SMILES string of the molecule is O=C1C[C@H]2CN(C(=O)COc3ccccc3)C[C@H]2CN1. The predicted octanol–water partition coefficient (Wildman–Crippen LogP) is 0.660. The van der Waals surface area contributed by atoms with Crippen molar-refractivity contribution in [1.29, 1.82) is 0 Å². The van der Waals surface area contributed by atoms with Crippen LogP contribution in [0.3, 0.4) is 0 Å². The smallest absolute Gasteiger partial charge is 0.260 e. The molecule has 5 heteroatoms. The third-order valence-electron chi connectivity index (χ3n) is 4.04. The first-order valence-electron chi connectivity index (χ1n) is 6.94. The molecule has 106 valence electrons. The van der Waals surface area contributed by atoms with Crippen LogP contribution in [0.4, 0.5) is 0 Å². The van der Waals surface area contributed by atoms with Crippen LogP contribution < -0.4 is 10.1 Å². The van der Waals surface area contributed by atoms with E-state index in [-0.39, 0.29) is 18.4 Å². The van der Waals surface area contributed by atoms with E-state index in [4.69, 9.17) is 4.74 Å². The lowest BCUT2D eigenvalue weighted by Crippen LogP contribution is -2.40. The quantitative estimate of drug-likeness (QED) is 0.881. The molecule has 1 aromatic carbocycles. The lowest BCUT2D eigenvalue weighted by atomic mass is 9.89. The number of hydrogen-bond acceptors (Lipinski definition) is 3. The molecule has 1 aromatic rings. The first-order valence-corrected chi connectivity index (χ1v) is 6.94. The van der Waals surface area contributed by atoms with Crippen LogP contribution in [0.15, 0.2) is 30.3 Å². The summed E-state index contributed by atoms with van der Waals surface area (Å²) in [5, 5.41) is 2.86. The summed E-state index contributed by atoms with van der Waals surface area (Å²) in [4.78, 5) is 25.3. The van der Waals surface area contributed by atoms with Gasteiger partial charge in [-0.3, -0.25) is 9.59 Å². The van der Waals surface area contributed by atoms with Crippen LogP contribution in [0.2, 0.25) is 0 Å². The number of likely N-dealkylation sites (tertiary alicyclic amines) is 1. The molecule has 0 spiro atoms. The summed E-state index contributed by atoms with van der Waals surface area (Å²) in [5.74, 6) is 1.50. The number of ether oxygens (including phenoxy) is 1. The average molecular weight is 274 g/mol. The van der Waals surface area contributed by atoms with Crippen LogP contribution in [-0.4, -0.2) is 43.0 Å². The zero-order valence-electron chi connectivity index (χ0n) is 11.2. The Morgan fingerprint density at radius 3 is 2.80 bits per heavy atom. The molecule has 2 heterocycles. The zero-order chi connectivity index (χ0) is 13.9. The topological polar surface area (TPSA) is 58.6 Å². The summed E-state index contributed by atoms with van der Waals surface area (Å²) in [6, 6.07) is 9.33. The Bertz CT molecular complexity index is 503. The van der Waals surface area contributed by atoms with Crippen molar-refractivity contribution in [3.63, 3.8) is 0 Å². The standard InChI is InChI=1S/C15H18N2O3/c18-14-6-11-8-17(9-12(11)7-16-14)15(19)10-20-13-4-2-1-3-5-13/h1-5,11-12H,6-10H2,(H,16,18)/t11-,12+/m0/s1. The molecule has 5 nitrogen and oxygen atoms in total. The molecule has 2 amide bonds. The van der Waals surface area contributed by atoms with Crippen molar-refractivity contribution in [3.05, 3.63) is 30.3 Å². The highest BCUT2D eigenvalue weighted by Crippen LogP contribution is 2.28. The number of fused-ring (bicyclic) bond motifs is 1. The molecule has 3 rings (SSSR count). The van der Waals surface area contributed by atoms with E-state index >= 15 is 0 Å². The van der Waals surface area contributed by atoms with Gasteiger partial charge < -0.3 is 15.0 Å². The number of benzene rings is 1. The summed E-state index contributed by atoms with van der Waals surface area (Å²) in [7, 11) is 0. The maximum Gasteiger partial charge on any atom is 0.260 e. The molecule has 0 aliphatic carbocycles. The molecule has 2 saturated heterocycles. The van der Waals surface area contributed by atoms with Crippen LogP contribution in [0.5, 0.6) is 5.75 Å². The number of nitrogens with zero attached hydrogens (tertiary/aromatic N) is 1. The monoisotopic (exact) mass is 274 g/mol. The molecule has 0 saturated carbocycles. The van der Waals surface area contributed by atoms with Gasteiger partial charge in [-0.2, -0.15) is 0 Å². The largest absolute Gasteiger partial charge is 0.484 e. The lowest BCUT2D eigenvalue weighted by Gasteiger charge is -2.23. The number of nitrogens with one attached hydrogen (secondary N) is 1. The number of carbonyl (C=O) groups excluding carboxylic acids is 2. The Labute approximate surface area is 117 Å². The highest BCUT2D eigenvalue weighted by Gasteiger charge is 2.38. The summed E-state index contributed by atoms with van der Waals surface area (Å²) >= 11 is 0. The third kappa shape index (κ3) is 2.76. The Hall–Kier alpha value is -2.04. The van der Waals surface area contributed by atoms with Crippen LogP contribution in [0, 0.1) is 11.8 Å². The van der Waals surface area contributed by atoms with E-state index in [0.717, 1.165) is 6.54 Å². The second-order valence-corrected chi connectivity index (χ2v) is 5.43. The van der Waals surface area contributed by atoms with Crippen molar-refractivity contribution in [2.45, 2.75) is 6.42 Å². The maximum absolute atomic E-state index is 12.1. The van der Waals surface area contributed by atoms with E-state index in [0.29, 0.717) is 37.1 Å². The van der Waals surface area contributed by atoms with Crippen molar-refractivity contribution in [2.75, 3.05) is 26.2 Å². The molecule has 2 fully saturated rings. The molecule has 0 bridgehead atoms. The Balaban J connectivity index is 1.52. The molecule has 0 radical (unpaired) electrons. The average Bonchev–Trinajstić information content (AvgIpc) is 2.89.